The summed E-state index contributed by atoms with van der Waals surface area (Å²) >= 11 is 5.88. The summed E-state index contributed by atoms with van der Waals surface area (Å²) in [6.07, 6.45) is 3.44. The molecule has 0 saturated heterocycles. The van der Waals surface area contributed by atoms with Gasteiger partial charge in [-0.15, -0.1) is 0 Å². The summed E-state index contributed by atoms with van der Waals surface area (Å²) in [5, 5.41) is 1.74. The van der Waals surface area contributed by atoms with Crippen molar-refractivity contribution in [1.29, 1.82) is 0 Å². The average molecular weight is 227 g/mol. The Morgan fingerprint density at radius 2 is 1.73 bits per heavy atom. The maximum Gasteiger partial charge on any atom is 0.0830 e. The molecule has 0 aliphatic rings. The van der Waals surface area contributed by atoms with Gasteiger partial charge in [-0.1, -0.05) is 39.3 Å². The Bertz CT molecular complexity index is 393. The molecule has 2 aromatic rings. The number of rotatable bonds is 0. The van der Waals surface area contributed by atoms with E-state index in [1.54, 1.807) is 12.4 Å². The fourth-order valence-electron chi connectivity index (χ4n) is 1.16. The van der Waals surface area contributed by atoms with E-state index in [0.29, 0.717) is 5.02 Å². The minimum atomic E-state index is 0.676. The molecule has 2 nitrogen and oxygen atoms in total. The first-order chi connectivity index (χ1) is 7.27. The highest BCUT2D eigenvalue weighted by atomic mass is 35.5. The van der Waals surface area contributed by atoms with Crippen molar-refractivity contribution in [3.05, 3.63) is 29.2 Å². The molecule has 0 bridgehead atoms. The number of halogens is 1. The van der Waals surface area contributed by atoms with Crippen LogP contribution in [0.15, 0.2) is 18.5 Å². The molecule has 0 radical (unpaired) electrons. The maximum atomic E-state index is 5.88. The number of fused-ring (bicyclic) bond motifs is 1. The molecule has 2 rings (SSSR count). The number of aryl methyl sites for hydroxylation is 1. The number of H-pyrrole nitrogens is 1. The zero-order valence-corrected chi connectivity index (χ0v) is 10.8. The van der Waals surface area contributed by atoms with E-state index in [1.165, 1.54) is 0 Å². The fourth-order valence-corrected chi connectivity index (χ4v) is 1.37. The van der Waals surface area contributed by atoms with Gasteiger partial charge in [-0.25, -0.2) is 0 Å². The molecule has 0 amide bonds. The summed E-state index contributed by atoms with van der Waals surface area (Å²) in [5.74, 6) is 0. The van der Waals surface area contributed by atoms with Crippen LogP contribution >= 0.6 is 11.6 Å². The normalized spacial score (nSPS) is 8.67. The van der Waals surface area contributed by atoms with Crippen molar-refractivity contribution in [2.24, 2.45) is 0 Å². The summed E-state index contributed by atoms with van der Waals surface area (Å²) in [4.78, 5) is 7.13. The molecule has 0 aliphatic heterocycles. The molecule has 15 heavy (non-hydrogen) atoms. The molecule has 0 atom stereocenters. The van der Waals surface area contributed by atoms with Crippen LogP contribution in [0.2, 0.25) is 5.02 Å². The lowest BCUT2D eigenvalue weighted by Gasteiger charge is -1.89. The predicted octanol–water partition coefficient (Wildman–Crippen LogP) is 4.58. The van der Waals surface area contributed by atoms with Gasteiger partial charge in [0.2, 0.25) is 0 Å². The first kappa shape index (κ1) is 14.0. The zero-order chi connectivity index (χ0) is 11.8. The lowest BCUT2D eigenvalue weighted by molar-refractivity contribution is 1.29. The van der Waals surface area contributed by atoms with Gasteiger partial charge in [0.15, 0.2) is 0 Å². The lowest BCUT2D eigenvalue weighted by Crippen LogP contribution is -1.73. The molecule has 84 valence electrons. The Balaban J connectivity index is 0.000000442. The molecule has 1 N–H and O–H groups in total. The van der Waals surface area contributed by atoms with Crippen molar-refractivity contribution in [2.75, 3.05) is 0 Å². The van der Waals surface area contributed by atoms with Gasteiger partial charge < -0.3 is 4.98 Å². The van der Waals surface area contributed by atoms with Crippen LogP contribution in [-0.4, -0.2) is 9.97 Å². The molecule has 3 heteroatoms. The predicted molar refractivity (Wildman–Crippen MR) is 68.5 cm³/mol. The number of hydrogen-bond acceptors (Lipinski definition) is 1. The van der Waals surface area contributed by atoms with Gasteiger partial charge in [0, 0.05) is 23.5 Å². The quantitative estimate of drug-likeness (QED) is 0.700. The maximum absolute atomic E-state index is 5.88. The van der Waals surface area contributed by atoms with Crippen LogP contribution in [0.4, 0.5) is 0 Å². The van der Waals surface area contributed by atoms with Crippen LogP contribution < -0.4 is 0 Å². The fraction of sp³-hybridized carbons (Fsp3) is 0.417. The second-order valence-corrected chi connectivity index (χ2v) is 2.95. The number of hydrogen-bond donors (Lipinski definition) is 1. The van der Waals surface area contributed by atoms with E-state index in [2.05, 4.69) is 9.97 Å². The van der Waals surface area contributed by atoms with Gasteiger partial charge >= 0.3 is 0 Å². The van der Waals surface area contributed by atoms with Crippen molar-refractivity contribution in [1.82, 2.24) is 9.97 Å². The SMILES string of the molecule is CC.CC.Cc1cc2cncc(Cl)c2[nH]1. The van der Waals surface area contributed by atoms with E-state index >= 15 is 0 Å². The van der Waals surface area contributed by atoms with E-state index in [0.717, 1.165) is 16.6 Å². The summed E-state index contributed by atoms with van der Waals surface area (Å²) in [5.41, 5.74) is 2.08. The molecule has 0 aromatic carbocycles. The van der Waals surface area contributed by atoms with Crippen molar-refractivity contribution in [3.8, 4) is 0 Å². The number of nitrogens with zero attached hydrogens (tertiary/aromatic N) is 1. The molecular weight excluding hydrogens is 208 g/mol. The number of aromatic amines is 1. The average Bonchev–Trinajstić information content (AvgIpc) is 2.66. The van der Waals surface area contributed by atoms with E-state index in [-0.39, 0.29) is 0 Å². The summed E-state index contributed by atoms with van der Waals surface area (Å²) in [6.45, 7) is 10.00. The largest absolute Gasteiger partial charge is 0.357 e. The monoisotopic (exact) mass is 226 g/mol. The van der Waals surface area contributed by atoms with Crippen LogP contribution in [0.3, 0.4) is 0 Å². The Hall–Kier alpha value is -1.02. The van der Waals surface area contributed by atoms with Crippen molar-refractivity contribution >= 4 is 22.5 Å². The van der Waals surface area contributed by atoms with E-state index in [1.807, 2.05) is 40.7 Å². The molecule has 2 heterocycles. The second-order valence-electron chi connectivity index (χ2n) is 2.54. The Kier molecular flexibility index (Phi) is 6.80. The zero-order valence-electron chi connectivity index (χ0n) is 10.1. The second kappa shape index (κ2) is 7.30. The first-order valence-electron chi connectivity index (χ1n) is 5.36. The number of aromatic nitrogens is 2. The van der Waals surface area contributed by atoms with Gasteiger partial charge in [0.05, 0.1) is 10.5 Å². The summed E-state index contributed by atoms with van der Waals surface area (Å²) in [7, 11) is 0. The van der Waals surface area contributed by atoms with Crippen LogP contribution in [0.25, 0.3) is 10.9 Å². The molecule has 0 unspecified atom stereocenters. The molecule has 0 spiro atoms. The van der Waals surface area contributed by atoms with Crippen LogP contribution in [0.1, 0.15) is 33.4 Å². The highest BCUT2D eigenvalue weighted by Gasteiger charge is 2.00. The number of pyridine rings is 1. The topological polar surface area (TPSA) is 28.7 Å². The molecular formula is C12H19ClN2. The van der Waals surface area contributed by atoms with Gasteiger partial charge in [0.25, 0.3) is 0 Å². The Labute approximate surface area is 96.7 Å². The highest BCUT2D eigenvalue weighted by Crippen LogP contribution is 2.21. The van der Waals surface area contributed by atoms with Crippen LogP contribution in [0, 0.1) is 6.92 Å². The van der Waals surface area contributed by atoms with Crippen LogP contribution in [0.5, 0.6) is 0 Å². The van der Waals surface area contributed by atoms with Gasteiger partial charge in [-0.05, 0) is 13.0 Å². The smallest absolute Gasteiger partial charge is 0.0830 e. The first-order valence-corrected chi connectivity index (χ1v) is 5.74. The molecule has 0 aliphatic carbocycles. The Morgan fingerprint density at radius 3 is 2.27 bits per heavy atom. The van der Waals surface area contributed by atoms with Gasteiger partial charge in [0.1, 0.15) is 0 Å². The summed E-state index contributed by atoms with van der Waals surface area (Å²) in [6, 6.07) is 2.02. The van der Waals surface area contributed by atoms with Gasteiger partial charge in [-0.3, -0.25) is 4.98 Å². The van der Waals surface area contributed by atoms with Crippen molar-refractivity contribution in [2.45, 2.75) is 34.6 Å². The lowest BCUT2D eigenvalue weighted by atomic mass is 10.3. The minimum absolute atomic E-state index is 0.676. The standard InChI is InChI=1S/C8H7ClN2.2C2H6/c1-5-2-6-3-10-4-7(9)8(6)11-5;2*1-2/h2-4,11H,1H3;2*1-2H3. The highest BCUT2D eigenvalue weighted by molar-refractivity contribution is 6.34. The van der Waals surface area contributed by atoms with Crippen molar-refractivity contribution in [3.63, 3.8) is 0 Å². The third kappa shape index (κ3) is 3.56. The van der Waals surface area contributed by atoms with Gasteiger partial charge in [-0.2, -0.15) is 0 Å². The Morgan fingerprint density at radius 1 is 1.13 bits per heavy atom. The molecule has 0 fully saturated rings. The number of nitrogens with one attached hydrogen (secondary N) is 1. The molecule has 0 saturated carbocycles. The summed E-state index contributed by atoms with van der Waals surface area (Å²) < 4.78 is 0. The minimum Gasteiger partial charge on any atom is -0.357 e. The van der Waals surface area contributed by atoms with E-state index in [4.69, 9.17) is 11.6 Å². The van der Waals surface area contributed by atoms with E-state index < -0.39 is 0 Å². The molecule has 2 aromatic heterocycles. The van der Waals surface area contributed by atoms with Crippen LogP contribution in [-0.2, 0) is 0 Å². The van der Waals surface area contributed by atoms with Crippen molar-refractivity contribution < 1.29 is 0 Å². The third-order valence-electron chi connectivity index (χ3n) is 1.62. The van der Waals surface area contributed by atoms with E-state index in [9.17, 15) is 0 Å². The third-order valence-corrected chi connectivity index (χ3v) is 1.91.